The minimum absolute atomic E-state index is 0.821. The third-order valence-corrected chi connectivity index (χ3v) is 2.62. The molecule has 0 radical (unpaired) electrons. The van der Waals surface area contributed by atoms with Gasteiger partial charge in [-0.3, -0.25) is 4.68 Å². The van der Waals surface area contributed by atoms with Gasteiger partial charge in [-0.25, -0.2) is 4.98 Å². The molecule has 0 saturated carbocycles. The van der Waals surface area contributed by atoms with Crippen molar-refractivity contribution in [3.63, 3.8) is 0 Å². The minimum atomic E-state index is 0.821. The van der Waals surface area contributed by atoms with E-state index in [0.29, 0.717) is 0 Å². The topological polar surface area (TPSA) is 47.7 Å². The molecular formula is C12H19N5. The van der Waals surface area contributed by atoms with Crippen molar-refractivity contribution in [1.29, 1.82) is 0 Å². The highest BCUT2D eigenvalue weighted by atomic mass is 15.2. The molecule has 0 spiro atoms. The highest BCUT2D eigenvalue weighted by Gasteiger charge is 2.04. The monoisotopic (exact) mass is 233 g/mol. The molecule has 2 rings (SSSR count). The van der Waals surface area contributed by atoms with Crippen LogP contribution in [-0.2, 0) is 20.1 Å². The molecule has 0 aromatic carbocycles. The summed E-state index contributed by atoms with van der Waals surface area (Å²) in [5.41, 5.74) is 1.20. The second-order valence-electron chi connectivity index (χ2n) is 4.17. The first kappa shape index (κ1) is 11.9. The van der Waals surface area contributed by atoms with Gasteiger partial charge in [0, 0.05) is 31.2 Å². The maximum atomic E-state index is 4.36. The average Bonchev–Trinajstić information content (AvgIpc) is 2.90. The van der Waals surface area contributed by atoms with Gasteiger partial charge in [0.05, 0.1) is 19.3 Å². The van der Waals surface area contributed by atoms with E-state index in [4.69, 9.17) is 0 Å². The first-order valence-electron chi connectivity index (χ1n) is 5.98. The molecule has 0 aliphatic rings. The second-order valence-corrected chi connectivity index (χ2v) is 4.17. The highest BCUT2D eigenvalue weighted by Crippen LogP contribution is 2.04. The van der Waals surface area contributed by atoms with Gasteiger partial charge in [0.1, 0.15) is 5.82 Å². The molecule has 0 unspecified atom stereocenters. The Morgan fingerprint density at radius 2 is 2.29 bits per heavy atom. The first-order chi connectivity index (χ1) is 8.29. The molecule has 1 N–H and O–H groups in total. The third kappa shape index (κ3) is 3.17. The lowest BCUT2D eigenvalue weighted by atomic mass is 10.3. The van der Waals surface area contributed by atoms with Gasteiger partial charge in [-0.15, -0.1) is 0 Å². The summed E-state index contributed by atoms with van der Waals surface area (Å²) in [6.07, 6.45) is 8.92. The van der Waals surface area contributed by atoms with Gasteiger partial charge in [-0.05, 0) is 13.0 Å². The lowest BCUT2D eigenvalue weighted by molar-refractivity contribution is 0.615. The van der Waals surface area contributed by atoms with Crippen molar-refractivity contribution in [2.75, 3.05) is 6.54 Å². The van der Waals surface area contributed by atoms with Gasteiger partial charge in [0.15, 0.2) is 0 Å². The SMILES string of the molecule is CCCNCc1nccn1Cc1cnn(C)c1. The summed E-state index contributed by atoms with van der Waals surface area (Å²) in [5, 5.41) is 7.53. The van der Waals surface area contributed by atoms with Crippen LogP contribution in [0.15, 0.2) is 24.8 Å². The van der Waals surface area contributed by atoms with Crippen molar-refractivity contribution in [1.82, 2.24) is 24.6 Å². The first-order valence-corrected chi connectivity index (χ1v) is 5.98. The lowest BCUT2D eigenvalue weighted by Crippen LogP contribution is -2.17. The molecule has 0 saturated heterocycles. The normalized spacial score (nSPS) is 10.9. The van der Waals surface area contributed by atoms with Crippen LogP contribution in [0.25, 0.3) is 0 Å². The van der Waals surface area contributed by atoms with E-state index in [1.165, 1.54) is 5.56 Å². The third-order valence-electron chi connectivity index (χ3n) is 2.62. The summed E-state index contributed by atoms with van der Waals surface area (Å²) >= 11 is 0. The maximum absolute atomic E-state index is 4.36. The van der Waals surface area contributed by atoms with Gasteiger partial charge in [0.25, 0.3) is 0 Å². The number of aromatic nitrogens is 4. The van der Waals surface area contributed by atoms with Crippen molar-refractivity contribution in [2.24, 2.45) is 7.05 Å². The van der Waals surface area contributed by atoms with Crippen LogP contribution in [0.1, 0.15) is 24.7 Å². The van der Waals surface area contributed by atoms with Crippen molar-refractivity contribution in [3.05, 3.63) is 36.2 Å². The molecule has 0 amide bonds. The Labute approximate surface area is 101 Å². The van der Waals surface area contributed by atoms with Gasteiger partial charge in [-0.1, -0.05) is 6.92 Å². The van der Waals surface area contributed by atoms with E-state index in [9.17, 15) is 0 Å². The fraction of sp³-hybridized carbons (Fsp3) is 0.500. The highest BCUT2D eigenvalue weighted by molar-refractivity contribution is 5.06. The number of nitrogens with one attached hydrogen (secondary N) is 1. The number of imidazole rings is 1. The van der Waals surface area contributed by atoms with Gasteiger partial charge in [0.2, 0.25) is 0 Å². The molecule has 0 aliphatic carbocycles. The molecule has 0 fully saturated rings. The largest absolute Gasteiger partial charge is 0.329 e. The summed E-state index contributed by atoms with van der Waals surface area (Å²) < 4.78 is 3.97. The Morgan fingerprint density at radius 3 is 3.00 bits per heavy atom. The zero-order valence-electron chi connectivity index (χ0n) is 10.4. The van der Waals surface area contributed by atoms with Crippen molar-refractivity contribution < 1.29 is 0 Å². The summed E-state index contributed by atoms with van der Waals surface area (Å²) in [7, 11) is 1.93. The van der Waals surface area contributed by atoms with Crippen molar-refractivity contribution in [2.45, 2.75) is 26.4 Å². The zero-order valence-corrected chi connectivity index (χ0v) is 10.4. The predicted molar refractivity (Wildman–Crippen MR) is 66.5 cm³/mol. The molecule has 5 nitrogen and oxygen atoms in total. The van der Waals surface area contributed by atoms with E-state index >= 15 is 0 Å². The molecule has 17 heavy (non-hydrogen) atoms. The zero-order chi connectivity index (χ0) is 12.1. The molecule has 0 bridgehead atoms. The van der Waals surface area contributed by atoms with E-state index in [-0.39, 0.29) is 0 Å². The fourth-order valence-corrected chi connectivity index (χ4v) is 1.78. The van der Waals surface area contributed by atoms with Crippen LogP contribution in [0.4, 0.5) is 0 Å². The van der Waals surface area contributed by atoms with Gasteiger partial charge >= 0.3 is 0 Å². The lowest BCUT2D eigenvalue weighted by Gasteiger charge is -2.07. The number of aryl methyl sites for hydroxylation is 1. The smallest absolute Gasteiger partial charge is 0.122 e. The number of hydrogen-bond acceptors (Lipinski definition) is 3. The molecular weight excluding hydrogens is 214 g/mol. The van der Waals surface area contributed by atoms with Gasteiger partial charge < -0.3 is 9.88 Å². The van der Waals surface area contributed by atoms with Crippen LogP contribution >= 0.6 is 0 Å². The number of nitrogens with zero attached hydrogens (tertiary/aromatic N) is 4. The molecule has 2 aromatic rings. The minimum Gasteiger partial charge on any atom is -0.329 e. The molecule has 0 atom stereocenters. The Morgan fingerprint density at radius 1 is 1.41 bits per heavy atom. The average molecular weight is 233 g/mol. The number of hydrogen-bond donors (Lipinski definition) is 1. The Balaban J connectivity index is 1.98. The van der Waals surface area contributed by atoms with E-state index in [1.807, 2.05) is 36.5 Å². The van der Waals surface area contributed by atoms with E-state index < -0.39 is 0 Å². The molecule has 0 aliphatic heterocycles. The fourth-order valence-electron chi connectivity index (χ4n) is 1.78. The summed E-state index contributed by atoms with van der Waals surface area (Å²) in [4.78, 5) is 4.36. The molecule has 2 aromatic heterocycles. The summed E-state index contributed by atoms with van der Waals surface area (Å²) in [5.74, 6) is 1.07. The molecule has 5 heteroatoms. The number of rotatable bonds is 6. The molecule has 92 valence electrons. The van der Waals surface area contributed by atoms with Crippen LogP contribution in [0, 0.1) is 0 Å². The van der Waals surface area contributed by atoms with Crippen LogP contribution in [0.5, 0.6) is 0 Å². The summed E-state index contributed by atoms with van der Waals surface area (Å²) in [6, 6.07) is 0. The Bertz CT molecular complexity index is 457. The van der Waals surface area contributed by atoms with Crippen LogP contribution in [0.3, 0.4) is 0 Å². The van der Waals surface area contributed by atoms with Crippen molar-refractivity contribution >= 4 is 0 Å². The van der Waals surface area contributed by atoms with Gasteiger partial charge in [-0.2, -0.15) is 5.10 Å². The Hall–Kier alpha value is -1.62. The molecule has 2 heterocycles. The maximum Gasteiger partial charge on any atom is 0.122 e. The van der Waals surface area contributed by atoms with Crippen LogP contribution in [0.2, 0.25) is 0 Å². The quantitative estimate of drug-likeness (QED) is 0.762. The standard InChI is InChI=1S/C12H19N5/c1-3-4-13-8-12-14-5-6-17(12)10-11-7-15-16(2)9-11/h5-7,9,13H,3-4,8,10H2,1-2H3. The van der Waals surface area contributed by atoms with Crippen molar-refractivity contribution in [3.8, 4) is 0 Å². The van der Waals surface area contributed by atoms with E-state index in [1.54, 1.807) is 0 Å². The predicted octanol–water partition coefficient (Wildman–Crippen LogP) is 1.16. The van der Waals surface area contributed by atoms with E-state index in [0.717, 1.165) is 31.9 Å². The summed E-state index contributed by atoms with van der Waals surface area (Å²) in [6.45, 7) is 4.84. The van der Waals surface area contributed by atoms with Crippen LogP contribution in [-0.4, -0.2) is 25.9 Å². The van der Waals surface area contributed by atoms with Crippen LogP contribution < -0.4 is 5.32 Å². The van der Waals surface area contributed by atoms with E-state index in [2.05, 4.69) is 26.9 Å². The Kier molecular flexibility index (Phi) is 3.93. The second kappa shape index (κ2) is 5.63.